The van der Waals surface area contributed by atoms with E-state index in [-0.39, 0.29) is 6.42 Å². The van der Waals surface area contributed by atoms with Gasteiger partial charge in [-0.15, -0.1) is 0 Å². The maximum atomic E-state index is 12.8. The van der Waals surface area contributed by atoms with Crippen LogP contribution < -0.4 is 5.56 Å². The predicted octanol–water partition coefficient (Wildman–Crippen LogP) is 4.86. The number of carbonyl (C=O) groups is 1. The van der Waals surface area contributed by atoms with E-state index in [0.29, 0.717) is 21.2 Å². The molecule has 0 radical (unpaired) electrons. The Bertz CT molecular complexity index is 1050. The Morgan fingerprint density at radius 2 is 1.78 bits per heavy atom. The summed E-state index contributed by atoms with van der Waals surface area (Å²) in [4.78, 5) is 24.8. The monoisotopic (exact) mass is 401 g/mol. The quantitative estimate of drug-likeness (QED) is 0.663. The minimum atomic E-state index is -1.42. The molecule has 1 heterocycles. The number of carboxylic acid groups (broad SMARTS) is 1. The van der Waals surface area contributed by atoms with Crippen LogP contribution in [-0.4, -0.2) is 15.6 Å². The molecule has 0 unspecified atom stereocenters. The van der Waals surface area contributed by atoms with Crippen LogP contribution in [0.1, 0.15) is 12.5 Å². The number of nitrogens with zero attached hydrogens (tertiary/aromatic N) is 1. The third-order valence-electron chi connectivity index (χ3n) is 4.54. The van der Waals surface area contributed by atoms with E-state index < -0.39 is 17.1 Å². The fourth-order valence-electron chi connectivity index (χ4n) is 3.03. The highest BCUT2D eigenvalue weighted by Crippen LogP contribution is 2.30. The van der Waals surface area contributed by atoms with E-state index in [1.54, 1.807) is 24.3 Å². The van der Waals surface area contributed by atoms with Gasteiger partial charge in [0, 0.05) is 34.3 Å². The maximum absolute atomic E-state index is 12.8. The van der Waals surface area contributed by atoms with Gasteiger partial charge in [-0.3, -0.25) is 9.36 Å². The van der Waals surface area contributed by atoms with Crippen LogP contribution in [-0.2, 0) is 16.8 Å². The highest BCUT2D eigenvalue weighted by atomic mass is 35.5. The number of pyridine rings is 1. The summed E-state index contributed by atoms with van der Waals surface area (Å²) in [5, 5.41) is 10.8. The van der Waals surface area contributed by atoms with Crippen LogP contribution in [0.2, 0.25) is 10.0 Å². The van der Waals surface area contributed by atoms with Gasteiger partial charge in [0.15, 0.2) is 0 Å². The molecular formula is C21H17Cl2NO3. The number of benzene rings is 2. The molecule has 0 spiro atoms. The third kappa shape index (κ3) is 3.92. The molecule has 4 nitrogen and oxygen atoms in total. The molecule has 0 fully saturated rings. The topological polar surface area (TPSA) is 59.3 Å². The number of halogens is 2. The van der Waals surface area contributed by atoms with Crippen molar-refractivity contribution < 1.29 is 9.90 Å². The number of hydrogen-bond donors (Lipinski definition) is 1. The van der Waals surface area contributed by atoms with Crippen LogP contribution in [0.5, 0.6) is 0 Å². The Morgan fingerprint density at radius 1 is 1.07 bits per heavy atom. The molecule has 1 N–H and O–H groups in total. The van der Waals surface area contributed by atoms with Crippen molar-refractivity contribution in [3.05, 3.63) is 92.8 Å². The number of aromatic nitrogens is 1. The second kappa shape index (κ2) is 7.59. The first-order chi connectivity index (χ1) is 12.8. The molecule has 0 aliphatic carbocycles. The third-order valence-corrected chi connectivity index (χ3v) is 5.11. The van der Waals surface area contributed by atoms with Gasteiger partial charge in [-0.25, -0.2) is 4.79 Å². The van der Waals surface area contributed by atoms with Gasteiger partial charge in [-0.1, -0.05) is 53.5 Å². The molecular weight excluding hydrogens is 385 g/mol. The summed E-state index contributed by atoms with van der Waals surface area (Å²) < 4.78 is 1.24. The van der Waals surface area contributed by atoms with Gasteiger partial charge in [0.25, 0.3) is 5.56 Å². The van der Waals surface area contributed by atoms with Crippen LogP contribution in [0.15, 0.2) is 71.7 Å². The number of rotatable bonds is 5. The van der Waals surface area contributed by atoms with Crippen molar-refractivity contribution >= 4 is 29.2 Å². The fourth-order valence-corrected chi connectivity index (χ4v) is 3.43. The van der Waals surface area contributed by atoms with Crippen molar-refractivity contribution in [2.45, 2.75) is 18.9 Å². The average Bonchev–Trinajstić information content (AvgIpc) is 2.64. The molecule has 0 saturated heterocycles. The first kappa shape index (κ1) is 19.2. The molecule has 0 bridgehead atoms. The molecule has 3 aromatic rings. The van der Waals surface area contributed by atoms with Gasteiger partial charge in [0.1, 0.15) is 5.54 Å². The second-order valence-corrected chi connectivity index (χ2v) is 7.33. The van der Waals surface area contributed by atoms with E-state index in [2.05, 4.69) is 0 Å². The van der Waals surface area contributed by atoms with Crippen molar-refractivity contribution in [2.75, 3.05) is 0 Å². The van der Waals surface area contributed by atoms with Gasteiger partial charge >= 0.3 is 5.97 Å². The average molecular weight is 402 g/mol. The normalized spacial score (nSPS) is 13.1. The molecule has 0 amide bonds. The van der Waals surface area contributed by atoms with Crippen LogP contribution in [0, 0.1) is 0 Å². The molecule has 6 heteroatoms. The molecule has 1 atom stereocenters. The van der Waals surface area contributed by atoms with Crippen LogP contribution in [0.3, 0.4) is 0 Å². The molecule has 0 aliphatic rings. The summed E-state index contributed by atoms with van der Waals surface area (Å²) >= 11 is 12.2. The summed E-state index contributed by atoms with van der Waals surface area (Å²) in [5.74, 6) is -1.08. The lowest BCUT2D eigenvalue weighted by Crippen LogP contribution is -2.46. The van der Waals surface area contributed by atoms with E-state index in [4.69, 9.17) is 23.2 Å². The zero-order valence-electron chi connectivity index (χ0n) is 14.5. The lowest BCUT2D eigenvalue weighted by Gasteiger charge is -2.28. The van der Waals surface area contributed by atoms with Crippen LogP contribution in [0.4, 0.5) is 0 Å². The van der Waals surface area contributed by atoms with E-state index in [1.807, 2.05) is 30.3 Å². The summed E-state index contributed by atoms with van der Waals surface area (Å²) in [6, 6.07) is 17.3. The standard InChI is InChI=1S/C21H17Cl2NO3/c1-21(20(26)27,13-14-5-3-2-4-6-14)24-10-9-15(11-19(24)25)17-12-16(22)7-8-18(17)23/h2-12H,13H2,1H3,(H,26,27)/t21-/m0/s1. The van der Waals surface area contributed by atoms with Gasteiger partial charge in [0.05, 0.1) is 0 Å². The Kier molecular flexibility index (Phi) is 5.40. The second-order valence-electron chi connectivity index (χ2n) is 6.49. The van der Waals surface area contributed by atoms with Crippen molar-refractivity contribution in [3.8, 4) is 11.1 Å². The molecule has 1 aromatic heterocycles. The number of carboxylic acids is 1. The predicted molar refractivity (Wildman–Crippen MR) is 108 cm³/mol. The number of aliphatic carboxylic acids is 1. The summed E-state index contributed by atoms with van der Waals surface area (Å²) in [6.45, 7) is 1.54. The lowest BCUT2D eigenvalue weighted by molar-refractivity contribution is -0.146. The highest BCUT2D eigenvalue weighted by molar-refractivity contribution is 6.35. The molecule has 2 aromatic carbocycles. The summed E-state index contributed by atoms with van der Waals surface area (Å²) in [7, 11) is 0. The minimum Gasteiger partial charge on any atom is -0.479 e. The van der Waals surface area contributed by atoms with E-state index in [1.165, 1.54) is 23.8 Å². The van der Waals surface area contributed by atoms with E-state index in [9.17, 15) is 14.7 Å². The molecule has 27 heavy (non-hydrogen) atoms. The Balaban J connectivity index is 2.06. The fraction of sp³-hybridized carbons (Fsp3) is 0.143. The smallest absolute Gasteiger partial charge is 0.330 e. The largest absolute Gasteiger partial charge is 0.479 e. The van der Waals surface area contributed by atoms with Crippen LogP contribution in [0.25, 0.3) is 11.1 Å². The summed E-state index contributed by atoms with van der Waals surface area (Å²) in [5.41, 5.74) is 0.181. The zero-order valence-corrected chi connectivity index (χ0v) is 16.0. The van der Waals surface area contributed by atoms with Gasteiger partial charge < -0.3 is 5.11 Å². The maximum Gasteiger partial charge on any atom is 0.330 e. The van der Waals surface area contributed by atoms with E-state index >= 15 is 0 Å². The van der Waals surface area contributed by atoms with Gasteiger partial charge in [-0.05, 0) is 42.3 Å². The first-order valence-corrected chi connectivity index (χ1v) is 9.03. The molecule has 0 aliphatic heterocycles. The Hall–Kier alpha value is -2.56. The van der Waals surface area contributed by atoms with Gasteiger partial charge in [0.2, 0.25) is 0 Å². The zero-order chi connectivity index (χ0) is 19.6. The van der Waals surface area contributed by atoms with Crippen LogP contribution >= 0.6 is 23.2 Å². The van der Waals surface area contributed by atoms with Gasteiger partial charge in [-0.2, -0.15) is 0 Å². The SMILES string of the molecule is C[C@](Cc1ccccc1)(C(=O)O)n1ccc(-c2cc(Cl)ccc2Cl)cc1=O. The summed E-state index contributed by atoms with van der Waals surface area (Å²) in [6.07, 6.45) is 1.67. The van der Waals surface area contributed by atoms with Crippen molar-refractivity contribution in [1.29, 1.82) is 0 Å². The van der Waals surface area contributed by atoms with Crippen molar-refractivity contribution in [2.24, 2.45) is 0 Å². The van der Waals surface area contributed by atoms with Crippen molar-refractivity contribution in [3.63, 3.8) is 0 Å². The minimum absolute atomic E-state index is 0.181. The molecule has 3 rings (SSSR count). The molecule has 0 saturated carbocycles. The first-order valence-electron chi connectivity index (χ1n) is 8.27. The Labute approximate surface area is 166 Å². The molecule has 138 valence electrons. The van der Waals surface area contributed by atoms with E-state index in [0.717, 1.165) is 5.56 Å². The highest BCUT2D eigenvalue weighted by Gasteiger charge is 2.36. The Morgan fingerprint density at radius 3 is 2.41 bits per heavy atom. The number of hydrogen-bond acceptors (Lipinski definition) is 2. The van der Waals surface area contributed by atoms with Crippen molar-refractivity contribution in [1.82, 2.24) is 4.57 Å². The lowest BCUT2D eigenvalue weighted by atomic mass is 9.92.